The molecule has 0 heterocycles. The first-order valence-electron chi connectivity index (χ1n) is 5.54. The van der Waals surface area contributed by atoms with Crippen molar-refractivity contribution in [3.05, 3.63) is 66.8 Å². The van der Waals surface area contributed by atoms with Crippen LogP contribution in [0.5, 0.6) is 0 Å². The summed E-state index contributed by atoms with van der Waals surface area (Å²) >= 11 is 9.95. The molecular formula is C14H10Br3FO. The molecule has 0 radical (unpaired) electrons. The molecular weight excluding hydrogens is 443 g/mol. The fraction of sp³-hybridized carbons (Fsp3) is 0.143. The molecule has 0 aliphatic heterocycles. The van der Waals surface area contributed by atoms with Gasteiger partial charge < -0.3 is 5.11 Å². The third-order valence-corrected chi connectivity index (χ3v) is 4.55. The van der Waals surface area contributed by atoms with E-state index < -0.39 is 6.10 Å². The molecule has 0 amide bonds. The zero-order valence-electron chi connectivity index (χ0n) is 9.71. The van der Waals surface area contributed by atoms with Gasteiger partial charge in [-0.2, -0.15) is 0 Å². The average Bonchev–Trinajstić information content (AvgIpc) is 2.36. The Bertz CT molecular complexity index is 601. The number of hydrogen-bond donors (Lipinski definition) is 1. The SMILES string of the molecule is OC(Cc1ccc(F)c(Br)c1)c1cc(Br)ccc1Br. The lowest BCUT2D eigenvalue weighted by Gasteiger charge is -2.14. The molecule has 0 aromatic heterocycles. The minimum atomic E-state index is -0.649. The highest BCUT2D eigenvalue weighted by Crippen LogP contribution is 2.29. The molecule has 0 saturated heterocycles. The van der Waals surface area contributed by atoms with Crippen LogP contribution in [-0.2, 0) is 6.42 Å². The molecule has 0 saturated carbocycles. The lowest BCUT2D eigenvalue weighted by molar-refractivity contribution is 0.177. The first kappa shape index (κ1) is 15.2. The quantitative estimate of drug-likeness (QED) is 0.662. The summed E-state index contributed by atoms with van der Waals surface area (Å²) in [5, 5.41) is 10.3. The van der Waals surface area contributed by atoms with Crippen molar-refractivity contribution in [1.29, 1.82) is 0 Å². The number of rotatable bonds is 3. The van der Waals surface area contributed by atoms with Crippen molar-refractivity contribution in [2.75, 3.05) is 0 Å². The molecule has 1 atom stereocenters. The second kappa shape index (κ2) is 6.48. The zero-order valence-corrected chi connectivity index (χ0v) is 14.5. The molecule has 1 nitrogen and oxygen atoms in total. The van der Waals surface area contributed by atoms with Gasteiger partial charge in [-0.1, -0.05) is 37.9 Å². The standard InChI is InChI=1S/C14H10Br3FO/c15-9-2-3-11(16)10(7-9)14(19)6-8-1-4-13(18)12(17)5-8/h1-5,7,14,19H,6H2. The second-order valence-electron chi connectivity index (χ2n) is 4.13. The van der Waals surface area contributed by atoms with Crippen molar-refractivity contribution in [2.24, 2.45) is 0 Å². The summed E-state index contributed by atoms with van der Waals surface area (Å²) in [4.78, 5) is 0. The highest BCUT2D eigenvalue weighted by molar-refractivity contribution is 9.11. The van der Waals surface area contributed by atoms with Gasteiger partial charge in [-0.3, -0.25) is 0 Å². The van der Waals surface area contributed by atoms with Gasteiger partial charge in [0.1, 0.15) is 5.82 Å². The molecule has 2 rings (SSSR count). The fourth-order valence-corrected chi connectivity index (χ4v) is 3.09. The van der Waals surface area contributed by atoms with Gasteiger partial charge in [0, 0.05) is 15.4 Å². The van der Waals surface area contributed by atoms with Crippen LogP contribution >= 0.6 is 47.8 Å². The van der Waals surface area contributed by atoms with E-state index in [2.05, 4.69) is 47.8 Å². The van der Waals surface area contributed by atoms with Crippen molar-refractivity contribution in [3.8, 4) is 0 Å². The molecule has 5 heteroatoms. The predicted octanol–water partition coefficient (Wildman–Crippen LogP) is 5.39. The third kappa shape index (κ3) is 3.88. The number of benzene rings is 2. The van der Waals surface area contributed by atoms with Crippen LogP contribution in [0, 0.1) is 5.82 Å². The zero-order chi connectivity index (χ0) is 14.0. The van der Waals surface area contributed by atoms with E-state index in [1.54, 1.807) is 12.1 Å². The summed E-state index contributed by atoms with van der Waals surface area (Å²) in [6.07, 6.45) is -0.224. The Morgan fingerprint density at radius 2 is 1.74 bits per heavy atom. The summed E-state index contributed by atoms with van der Waals surface area (Å²) in [6, 6.07) is 10.4. The minimum Gasteiger partial charge on any atom is -0.388 e. The van der Waals surface area contributed by atoms with Crippen LogP contribution in [0.25, 0.3) is 0 Å². The van der Waals surface area contributed by atoms with Crippen molar-refractivity contribution in [3.63, 3.8) is 0 Å². The summed E-state index contributed by atoms with van der Waals surface area (Å²) < 4.78 is 15.3. The van der Waals surface area contributed by atoms with Gasteiger partial charge in [-0.05, 0) is 57.4 Å². The lowest BCUT2D eigenvalue weighted by Crippen LogP contribution is -2.03. The van der Waals surface area contributed by atoms with E-state index in [9.17, 15) is 9.50 Å². The van der Waals surface area contributed by atoms with Crippen LogP contribution in [-0.4, -0.2) is 5.11 Å². The maximum Gasteiger partial charge on any atom is 0.137 e. The number of hydrogen-bond acceptors (Lipinski definition) is 1. The maximum atomic E-state index is 13.2. The van der Waals surface area contributed by atoms with E-state index in [4.69, 9.17) is 0 Å². The van der Waals surface area contributed by atoms with Crippen LogP contribution in [0.1, 0.15) is 17.2 Å². The van der Waals surface area contributed by atoms with E-state index in [-0.39, 0.29) is 5.82 Å². The monoisotopic (exact) mass is 450 g/mol. The van der Waals surface area contributed by atoms with Crippen LogP contribution < -0.4 is 0 Å². The first-order valence-corrected chi connectivity index (χ1v) is 7.92. The van der Waals surface area contributed by atoms with Gasteiger partial charge in [0.2, 0.25) is 0 Å². The van der Waals surface area contributed by atoms with E-state index in [1.807, 2.05) is 18.2 Å². The van der Waals surface area contributed by atoms with Crippen LogP contribution in [0.15, 0.2) is 49.8 Å². The van der Waals surface area contributed by atoms with Crippen molar-refractivity contribution in [2.45, 2.75) is 12.5 Å². The molecule has 0 fully saturated rings. The molecule has 19 heavy (non-hydrogen) atoms. The first-order chi connectivity index (χ1) is 8.97. The van der Waals surface area contributed by atoms with Gasteiger partial charge >= 0.3 is 0 Å². The smallest absolute Gasteiger partial charge is 0.137 e. The Morgan fingerprint density at radius 3 is 2.42 bits per heavy atom. The van der Waals surface area contributed by atoms with E-state index >= 15 is 0 Å². The Balaban J connectivity index is 2.22. The molecule has 1 unspecified atom stereocenters. The summed E-state index contributed by atoms with van der Waals surface area (Å²) in [5.41, 5.74) is 1.67. The average molecular weight is 453 g/mol. The van der Waals surface area contributed by atoms with Gasteiger partial charge in [0.25, 0.3) is 0 Å². The molecule has 2 aromatic rings. The van der Waals surface area contributed by atoms with Crippen molar-refractivity contribution >= 4 is 47.8 Å². The highest BCUT2D eigenvalue weighted by Gasteiger charge is 2.13. The van der Waals surface area contributed by atoms with Crippen LogP contribution in [0.4, 0.5) is 4.39 Å². The number of halogens is 4. The normalized spacial score (nSPS) is 12.5. The number of aliphatic hydroxyl groups is 1. The molecule has 0 aliphatic carbocycles. The van der Waals surface area contributed by atoms with Gasteiger partial charge in [0.05, 0.1) is 10.6 Å². The highest BCUT2D eigenvalue weighted by atomic mass is 79.9. The Morgan fingerprint density at radius 1 is 1.00 bits per heavy atom. The topological polar surface area (TPSA) is 20.2 Å². The summed E-state index contributed by atoms with van der Waals surface area (Å²) in [5.74, 6) is -0.304. The van der Waals surface area contributed by atoms with Crippen molar-refractivity contribution < 1.29 is 9.50 Å². The van der Waals surface area contributed by atoms with Gasteiger partial charge in [-0.15, -0.1) is 0 Å². The Labute approximate surface area is 136 Å². The third-order valence-electron chi connectivity index (χ3n) is 2.73. The molecule has 0 bridgehead atoms. The van der Waals surface area contributed by atoms with E-state index in [0.717, 1.165) is 20.1 Å². The molecule has 1 N–H and O–H groups in total. The minimum absolute atomic E-state index is 0.304. The fourth-order valence-electron chi connectivity index (χ4n) is 1.77. The molecule has 0 spiro atoms. The second-order valence-corrected chi connectivity index (χ2v) is 6.76. The predicted molar refractivity (Wildman–Crippen MR) is 84.6 cm³/mol. The van der Waals surface area contributed by atoms with Crippen molar-refractivity contribution in [1.82, 2.24) is 0 Å². The lowest BCUT2D eigenvalue weighted by atomic mass is 10.0. The number of aliphatic hydroxyl groups excluding tert-OH is 1. The Hall–Kier alpha value is -0.230. The van der Waals surface area contributed by atoms with E-state index in [0.29, 0.717) is 10.9 Å². The summed E-state index contributed by atoms with van der Waals surface area (Å²) in [6.45, 7) is 0. The maximum absolute atomic E-state index is 13.2. The molecule has 2 aromatic carbocycles. The van der Waals surface area contributed by atoms with Gasteiger partial charge in [0.15, 0.2) is 0 Å². The molecule has 100 valence electrons. The van der Waals surface area contributed by atoms with E-state index in [1.165, 1.54) is 6.07 Å². The van der Waals surface area contributed by atoms with Crippen LogP contribution in [0.2, 0.25) is 0 Å². The van der Waals surface area contributed by atoms with Crippen LogP contribution in [0.3, 0.4) is 0 Å². The largest absolute Gasteiger partial charge is 0.388 e. The molecule has 0 aliphatic rings. The van der Waals surface area contributed by atoms with Gasteiger partial charge in [-0.25, -0.2) is 4.39 Å². The Kier molecular flexibility index (Phi) is 5.17. The summed E-state index contributed by atoms with van der Waals surface area (Å²) in [7, 11) is 0.